The van der Waals surface area contributed by atoms with E-state index in [1.807, 2.05) is 18.2 Å². The molecule has 78 valence electrons. The van der Waals surface area contributed by atoms with Gasteiger partial charge in [0, 0.05) is 6.54 Å². The number of aromatic nitrogens is 1. The molecule has 15 heavy (non-hydrogen) atoms. The maximum absolute atomic E-state index is 5.21. The van der Waals surface area contributed by atoms with Gasteiger partial charge in [-0.05, 0) is 12.5 Å². The van der Waals surface area contributed by atoms with Crippen LogP contribution in [-0.4, -0.2) is 4.98 Å². The van der Waals surface area contributed by atoms with Crippen LogP contribution in [0.15, 0.2) is 47.3 Å². The van der Waals surface area contributed by atoms with Gasteiger partial charge in [0.1, 0.15) is 5.76 Å². The minimum atomic E-state index is 0.188. The smallest absolute Gasteiger partial charge is 0.180 e. The summed E-state index contributed by atoms with van der Waals surface area (Å²) in [6, 6.07) is 10.5. The molecule has 2 rings (SSSR count). The van der Waals surface area contributed by atoms with E-state index < -0.39 is 0 Å². The number of benzene rings is 1. The molecule has 0 aliphatic heterocycles. The lowest BCUT2D eigenvalue weighted by Crippen LogP contribution is -2.17. The molecule has 0 aliphatic rings. The highest BCUT2D eigenvalue weighted by atomic mass is 16.3. The van der Waals surface area contributed by atoms with Gasteiger partial charge in [0.15, 0.2) is 6.39 Å². The minimum Gasteiger partial charge on any atom is -0.447 e. The molecule has 0 aliphatic carbocycles. The second kappa shape index (κ2) is 4.75. The Balaban J connectivity index is 1.89. The fourth-order valence-corrected chi connectivity index (χ4v) is 1.41. The summed E-state index contributed by atoms with van der Waals surface area (Å²) in [6.45, 7) is 2.90. The fourth-order valence-electron chi connectivity index (χ4n) is 1.41. The highest BCUT2D eigenvalue weighted by Gasteiger charge is 2.07. The van der Waals surface area contributed by atoms with Crippen LogP contribution in [0.5, 0.6) is 0 Å². The van der Waals surface area contributed by atoms with Crippen LogP contribution < -0.4 is 5.32 Å². The van der Waals surface area contributed by atoms with Crippen LogP contribution >= 0.6 is 0 Å². The van der Waals surface area contributed by atoms with Crippen LogP contribution in [-0.2, 0) is 6.54 Å². The second-order valence-electron chi connectivity index (χ2n) is 3.49. The van der Waals surface area contributed by atoms with Crippen molar-refractivity contribution in [3.8, 4) is 0 Å². The Kier molecular flexibility index (Phi) is 3.15. The van der Waals surface area contributed by atoms with Gasteiger partial charge in [-0.25, -0.2) is 4.98 Å². The monoisotopic (exact) mass is 202 g/mol. The fraction of sp³-hybridized carbons (Fsp3) is 0.250. The third-order valence-corrected chi connectivity index (χ3v) is 2.33. The molecule has 0 saturated carbocycles. The predicted molar refractivity (Wildman–Crippen MR) is 58.2 cm³/mol. The van der Waals surface area contributed by atoms with E-state index in [2.05, 4.69) is 29.4 Å². The van der Waals surface area contributed by atoms with E-state index in [9.17, 15) is 0 Å². The molecule has 0 saturated heterocycles. The summed E-state index contributed by atoms with van der Waals surface area (Å²) < 4.78 is 5.21. The summed E-state index contributed by atoms with van der Waals surface area (Å²) in [5, 5.41) is 3.37. The largest absolute Gasteiger partial charge is 0.447 e. The summed E-state index contributed by atoms with van der Waals surface area (Å²) in [4.78, 5) is 3.89. The van der Waals surface area contributed by atoms with Gasteiger partial charge in [-0.1, -0.05) is 30.3 Å². The average molecular weight is 202 g/mol. The van der Waals surface area contributed by atoms with E-state index in [0.717, 1.165) is 12.3 Å². The molecule has 1 atom stereocenters. The lowest BCUT2D eigenvalue weighted by atomic mass is 10.2. The van der Waals surface area contributed by atoms with Crippen molar-refractivity contribution in [3.63, 3.8) is 0 Å². The molecular weight excluding hydrogens is 188 g/mol. The highest BCUT2D eigenvalue weighted by molar-refractivity contribution is 5.14. The van der Waals surface area contributed by atoms with Crippen molar-refractivity contribution in [3.05, 3.63) is 54.2 Å². The van der Waals surface area contributed by atoms with Gasteiger partial charge in [0.25, 0.3) is 0 Å². The second-order valence-corrected chi connectivity index (χ2v) is 3.49. The Hall–Kier alpha value is -1.61. The lowest BCUT2D eigenvalue weighted by Gasteiger charge is -2.10. The van der Waals surface area contributed by atoms with Gasteiger partial charge in [0.2, 0.25) is 0 Å². The van der Waals surface area contributed by atoms with Gasteiger partial charge in [-0.2, -0.15) is 0 Å². The number of oxazole rings is 1. The van der Waals surface area contributed by atoms with Crippen molar-refractivity contribution in [1.29, 1.82) is 0 Å². The molecule has 1 N–H and O–H groups in total. The Morgan fingerprint density at radius 2 is 2.13 bits per heavy atom. The molecule has 0 radical (unpaired) electrons. The topological polar surface area (TPSA) is 38.1 Å². The quantitative estimate of drug-likeness (QED) is 0.827. The SMILES string of the molecule is CC(NCc1ccccc1)c1cnco1. The van der Waals surface area contributed by atoms with Crippen molar-refractivity contribution < 1.29 is 4.42 Å². The van der Waals surface area contributed by atoms with E-state index in [0.29, 0.717) is 0 Å². The van der Waals surface area contributed by atoms with Gasteiger partial charge >= 0.3 is 0 Å². The van der Waals surface area contributed by atoms with E-state index in [4.69, 9.17) is 4.42 Å². The molecule has 1 heterocycles. The standard InChI is InChI=1S/C12H14N2O/c1-10(12-8-13-9-15-12)14-7-11-5-3-2-4-6-11/h2-6,8-10,14H,7H2,1H3. The number of hydrogen-bond acceptors (Lipinski definition) is 3. The Morgan fingerprint density at radius 1 is 1.33 bits per heavy atom. The van der Waals surface area contributed by atoms with Crippen LogP contribution in [0, 0.1) is 0 Å². The number of rotatable bonds is 4. The Bertz CT molecular complexity index is 383. The van der Waals surface area contributed by atoms with Crippen LogP contribution in [0.1, 0.15) is 24.3 Å². The number of nitrogens with zero attached hydrogens (tertiary/aromatic N) is 1. The zero-order chi connectivity index (χ0) is 10.5. The molecular formula is C12H14N2O. The molecule has 0 bridgehead atoms. The van der Waals surface area contributed by atoms with Gasteiger partial charge in [0.05, 0.1) is 12.2 Å². The van der Waals surface area contributed by atoms with Crippen LogP contribution in [0.4, 0.5) is 0 Å². The highest BCUT2D eigenvalue weighted by Crippen LogP contribution is 2.11. The summed E-state index contributed by atoms with van der Waals surface area (Å²) in [6.07, 6.45) is 3.19. The summed E-state index contributed by atoms with van der Waals surface area (Å²) in [5.41, 5.74) is 1.27. The first kappa shape index (κ1) is 9.93. The average Bonchev–Trinajstić information content (AvgIpc) is 2.81. The first-order valence-corrected chi connectivity index (χ1v) is 5.02. The van der Waals surface area contributed by atoms with Gasteiger partial charge in [-0.3, -0.25) is 0 Å². The van der Waals surface area contributed by atoms with Crippen LogP contribution in [0.3, 0.4) is 0 Å². The van der Waals surface area contributed by atoms with Crippen molar-refractivity contribution >= 4 is 0 Å². The summed E-state index contributed by atoms with van der Waals surface area (Å²) in [7, 11) is 0. The zero-order valence-electron chi connectivity index (χ0n) is 8.68. The number of hydrogen-bond donors (Lipinski definition) is 1. The van der Waals surface area contributed by atoms with Crippen molar-refractivity contribution in [2.75, 3.05) is 0 Å². The molecule has 0 fully saturated rings. The Labute approximate surface area is 89.1 Å². The minimum absolute atomic E-state index is 0.188. The molecule has 1 unspecified atom stereocenters. The van der Waals surface area contributed by atoms with E-state index in [-0.39, 0.29) is 6.04 Å². The molecule has 2 aromatic rings. The molecule has 3 nitrogen and oxygen atoms in total. The number of nitrogens with one attached hydrogen (secondary N) is 1. The normalized spacial score (nSPS) is 12.6. The molecule has 1 aromatic carbocycles. The molecule has 1 aromatic heterocycles. The maximum Gasteiger partial charge on any atom is 0.180 e. The first-order valence-electron chi connectivity index (χ1n) is 5.02. The predicted octanol–water partition coefficient (Wildman–Crippen LogP) is 2.53. The zero-order valence-corrected chi connectivity index (χ0v) is 8.68. The molecule has 3 heteroatoms. The molecule has 0 spiro atoms. The van der Waals surface area contributed by atoms with Gasteiger partial charge in [-0.15, -0.1) is 0 Å². The van der Waals surface area contributed by atoms with E-state index in [1.165, 1.54) is 12.0 Å². The van der Waals surface area contributed by atoms with Crippen LogP contribution in [0.2, 0.25) is 0 Å². The molecule has 0 amide bonds. The summed E-state index contributed by atoms with van der Waals surface area (Å²) >= 11 is 0. The first-order chi connectivity index (χ1) is 7.36. The van der Waals surface area contributed by atoms with Gasteiger partial charge < -0.3 is 9.73 Å². The van der Waals surface area contributed by atoms with E-state index >= 15 is 0 Å². The maximum atomic E-state index is 5.21. The van der Waals surface area contributed by atoms with Crippen molar-refractivity contribution in [1.82, 2.24) is 10.3 Å². The summed E-state index contributed by atoms with van der Waals surface area (Å²) in [5.74, 6) is 0.867. The van der Waals surface area contributed by atoms with Crippen molar-refractivity contribution in [2.45, 2.75) is 19.5 Å². The Morgan fingerprint density at radius 3 is 2.80 bits per heavy atom. The van der Waals surface area contributed by atoms with Crippen molar-refractivity contribution in [2.24, 2.45) is 0 Å². The lowest BCUT2D eigenvalue weighted by molar-refractivity contribution is 0.428. The third kappa shape index (κ3) is 2.67. The van der Waals surface area contributed by atoms with Crippen LogP contribution in [0.25, 0.3) is 0 Å². The third-order valence-electron chi connectivity index (χ3n) is 2.33. The van der Waals surface area contributed by atoms with E-state index in [1.54, 1.807) is 6.20 Å².